The summed E-state index contributed by atoms with van der Waals surface area (Å²) >= 11 is 5.01. The molecule has 1 aromatic carbocycles. The lowest BCUT2D eigenvalue weighted by atomic mass is 10.3. The highest BCUT2D eigenvalue weighted by molar-refractivity contribution is 9.11. The van der Waals surface area contributed by atoms with Gasteiger partial charge in [-0.2, -0.15) is 0 Å². The molecular weight excluding hydrogens is 286 g/mol. The highest BCUT2D eigenvalue weighted by Gasteiger charge is 2.04. The van der Waals surface area contributed by atoms with Gasteiger partial charge in [-0.05, 0) is 34.1 Å². The third-order valence-electron chi connectivity index (χ3n) is 1.97. The van der Waals surface area contributed by atoms with Crippen molar-refractivity contribution in [1.29, 1.82) is 0 Å². The van der Waals surface area contributed by atoms with Crippen LogP contribution >= 0.6 is 27.3 Å². The molecule has 0 saturated heterocycles. The van der Waals surface area contributed by atoms with Crippen molar-refractivity contribution in [3.63, 3.8) is 0 Å². The lowest BCUT2D eigenvalue weighted by Crippen LogP contribution is -2.30. The van der Waals surface area contributed by atoms with Gasteiger partial charge in [-0.15, -0.1) is 11.3 Å². The summed E-state index contributed by atoms with van der Waals surface area (Å²) in [5, 5.41) is 1.99. The number of hydrazine groups is 1. The van der Waals surface area contributed by atoms with E-state index in [4.69, 9.17) is 5.84 Å². The van der Waals surface area contributed by atoms with Gasteiger partial charge in [-0.1, -0.05) is 18.2 Å². The second kappa shape index (κ2) is 5.25. The lowest BCUT2D eigenvalue weighted by molar-refractivity contribution is 1.02. The van der Waals surface area contributed by atoms with Crippen molar-refractivity contribution in [2.24, 2.45) is 10.8 Å². The van der Waals surface area contributed by atoms with Gasteiger partial charge in [-0.25, -0.2) is 10.8 Å². The first-order valence-corrected chi connectivity index (χ1v) is 6.31. The van der Waals surface area contributed by atoms with Crippen LogP contribution in [0, 0.1) is 0 Å². The number of nitrogens with one attached hydrogen (secondary N) is 1. The molecule has 0 radical (unpaired) electrons. The fourth-order valence-electron chi connectivity index (χ4n) is 1.25. The summed E-state index contributed by atoms with van der Waals surface area (Å²) < 4.78 is 1.05. The summed E-state index contributed by atoms with van der Waals surface area (Å²) in [6.07, 6.45) is 0. The number of benzene rings is 1. The molecule has 0 saturated carbocycles. The summed E-state index contributed by atoms with van der Waals surface area (Å²) in [6, 6.07) is 11.7. The van der Waals surface area contributed by atoms with Crippen LogP contribution in [0.15, 0.2) is 50.6 Å². The molecule has 0 fully saturated rings. The molecule has 0 aliphatic rings. The van der Waals surface area contributed by atoms with E-state index < -0.39 is 0 Å². The average Bonchev–Trinajstić information content (AvgIpc) is 2.74. The maximum Gasteiger partial charge on any atom is 0.148 e. The Balaban J connectivity index is 2.33. The van der Waals surface area contributed by atoms with Crippen LogP contribution in [0.1, 0.15) is 5.56 Å². The minimum Gasteiger partial charge on any atom is -0.308 e. The van der Waals surface area contributed by atoms with Crippen LogP contribution in [0.4, 0.5) is 5.69 Å². The van der Waals surface area contributed by atoms with Crippen molar-refractivity contribution in [2.45, 2.75) is 0 Å². The number of amidine groups is 1. The van der Waals surface area contributed by atoms with Crippen molar-refractivity contribution in [2.75, 3.05) is 0 Å². The van der Waals surface area contributed by atoms with Gasteiger partial charge >= 0.3 is 0 Å². The molecule has 2 rings (SSSR count). The van der Waals surface area contributed by atoms with Crippen LogP contribution in [-0.2, 0) is 0 Å². The van der Waals surface area contributed by atoms with E-state index in [9.17, 15) is 0 Å². The van der Waals surface area contributed by atoms with E-state index in [1.807, 2.05) is 41.8 Å². The number of nitrogens with two attached hydrogens (primary N) is 1. The molecule has 3 N–H and O–H groups in total. The van der Waals surface area contributed by atoms with Gasteiger partial charge < -0.3 is 5.43 Å². The largest absolute Gasteiger partial charge is 0.308 e. The van der Waals surface area contributed by atoms with Gasteiger partial charge in [0, 0.05) is 10.9 Å². The zero-order chi connectivity index (χ0) is 11.4. The Morgan fingerprint density at radius 2 is 2.06 bits per heavy atom. The summed E-state index contributed by atoms with van der Waals surface area (Å²) in [5.41, 5.74) is 4.46. The van der Waals surface area contributed by atoms with Crippen LogP contribution in [0.5, 0.6) is 0 Å². The van der Waals surface area contributed by atoms with Crippen LogP contribution in [0.3, 0.4) is 0 Å². The number of thiophene rings is 1. The molecule has 1 heterocycles. The molecule has 0 aliphatic heterocycles. The highest BCUT2D eigenvalue weighted by atomic mass is 79.9. The van der Waals surface area contributed by atoms with Crippen LogP contribution < -0.4 is 11.3 Å². The van der Waals surface area contributed by atoms with E-state index >= 15 is 0 Å². The van der Waals surface area contributed by atoms with Gasteiger partial charge in [0.1, 0.15) is 5.84 Å². The predicted molar refractivity (Wildman–Crippen MR) is 72.0 cm³/mol. The number of hydrogen-bond donors (Lipinski definition) is 2. The molecule has 0 bridgehead atoms. The first-order valence-electron chi connectivity index (χ1n) is 4.64. The Kier molecular flexibility index (Phi) is 3.71. The highest BCUT2D eigenvalue weighted by Crippen LogP contribution is 2.21. The molecule has 0 atom stereocenters. The minimum absolute atomic E-state index is 0.660. The third kappa shape index (κ3) is 2.69. The lowest BCUT2D eigenvalue weighted by Gasteiger charge is -2.02. The van der Waals surface area contributed by atoms with Crippen molar-refractivity contribution < 1.29 is 0 Å². The number of hydrogen-bond acceptors (Lipinski definition) is 3. The monoisotopic (exact) mass is 295 g/mol. The van der Waals surface area contributed by atoms with E-state index in [2.05, 4.69) is 26.3 Å². The maximum atomic E-state index is 5.47. The SMILES string of the molecule is NNC(=Nc1ccccc1)c1csc(Br)c1. The Morgan fingerprint density at radius 1 is 1.31 bits per heavy atom. The second-order valence-corrected chi connectivity index (χ2v) is 5.37. The quantitative estimate of drug-likeness (QED) is 0.387. The number of rotatable bonds is 2. The van der Waals surface area contributed by atoms with Gasteiger partial charge in [-0.3, -0.25) is 0 Å². The van der Waals surface area contributed by atoms with Crippen LogP contribution in [-0.4, -0.2) is 5.84 Å². The molecule has 16 heavy (non-hydrogen) atoms. The van der Waals surface area contributed by atoms with E-state index in [-0.39, 0.29) is 0 Å². The smallest absolute Gasteiger partial charge is 0.148 e. The predicted octanol–water partition coefficient (Wildman–Crippen LogP) is 3.05. The summed E-state index contributed by atoms with van der Waals surface area (Å²) in [7, 11) is 0. The Labute approximate surface area is 106 Å². The molecule has 0 spiro atoms. The molecular formula is C11H10BrN3S. The summed E-state index contributed by atoms with van der Waals surface area (Å²) in [6.45, 7) is 0. The number of nitrogens with zero attached hydrogens (tertiary/aromatic N) is 1. The first-order chi connectivity index (χ1) is 7.79. The topological polar surface area (TPSA) is 50.4 Å². The van der Waals surface area contributed by atoms with E-state index in [0.29, 0.717) is 5.84 Å². The van der Waals surface area contributed by atoms with Crippen LogP contribution in [0.2, 0.25) is 0 Å². The molecule has 5 heteroatoms. The van der Waals surface area contributed by atoms with Crippen molar-refractivity contribution in [3.8, 4) is 0 Å². The normalized spacial score (nSPS) is 11.5. The van der Waals surface area contributed by atoms with E-state index in [0.717, 1.165) is 15.0 Å². The zero-order valence-corrected chi connectivity index (χ0v) is 10.8. The molecule has 3 nitrogen and oxygen atoms in total. The Bertz CT molecular complexity index is 493. The third-order valence-corrected chi connectivity index (χ3v) is 3.48. The molecule has 2 aromatic rings. The number of aliphatic imine (C=N–C) groups is 1. The minimum atomic E-state index is 0.660. The van der Waals surface area contributed by atoms with Crippen molar-refractivity contribution in [3.05, 3.63) is 51.1 Å². The average molecular weight is 296 g/mol. The Morgan fingerprint density at radius 3 is 2.62 bits per heavy atom. The molecule has 0 unspecified atom stereocenters. The van der Waals surface area contributed by atoms with Gasteiger partial charge in [0.15, 0.2) is 0 Å². The van der Waals surface area contributed by atoms with Crippen molar-refractivity contribution >= 4 is 38.8 Å². The molecule has 0 aliphatic carbocycles. The number of halogens is 1. The van der Waals surface area contributed by atoms with Crippen molar-refractivity contribution in [1.82, 2.24) is 5.43 Å². The fourth-order valence-corrected chi connectivity index (χ4v) is 2.39. The fraction of sp³-hybridized carbons (Fsp3) is 0. The standard InChI is InChI=1S/C11H10BrN3S/c12-10-6-8(7-16-10)11(15-13)14-9-4-2-1-3-5-9/h1-7H,13H2,(H,14,15). The van der Waals surface area contributed by atoms with Crippen LogP contribution in [0.25, 0.3) is 0 Å². The molecule has 82 valence electrons. The second-order valence-electron chi connectivity index (χ2n) is 3.08. The summed E-state index contributed by atoms with van der Waals surface area (Å²) in [5.74, 6) is 6.13. The van der Waals surface area contributed by atoms with Gasteiger partial charge in [0.05, 0.1) is 9.47 Å². The van der Waals surface area contributed by atoms with E-state index in [1.165, 1.54) is 0 Å². The molecule has 1 aromatic heterocycles. The number of para-hydroxylation sites is 1. The zero-order valence-electron chi connectivity index (χ0n) is 8.35. The summed E-state index contributed by atoms with van der Waals surface area (Å²) in [4.78, 5) is 4.43. The van der Waals surface area contributed by atoms with Gasteiger partial charge in [0.25, 0.3) is 0 Å². The van der Waals surface area contributed by atoms with Gasteiger partial charge in [0.2, 0.25) is 0 Å². The maximum absolute atomic E-state index is 5.47. The Hall–Kier alpha value is -1.17. The van der Waals surface area contributed by atoms with E-state index in [1.54, 1.807) is 11.3 Å². The molecule has 0 amide bonds. The first kappa shape index (κ1) is 11.3.